The molecule has 0 N–H and O–H groups in total. The summed E-state index contributed by atoms with van der Waals surface area (Å²) in [6, 6.07) is 7.35. The molecule has 1 amide bonds. The van der Waals surface area contributed by atoms with Crippen molar-refractivity contribution in [1.29, 1.82) is 0 Å². The highest BCUT2D eigenvalue weighted by atomic mass is 16.5. The summed E-state index contributed by atoms with van der Waals surface area (Å²) in [5.74, 6) is 0.292. The first-order valence-electron chi connectivity index (χ1n) is 6.31. The average Bonchev–Trinajstić information content (AvgIpc) is 3.09. The van der Waals surface area contributed by atoms with Gasteiger partial charge in [-0.05, 0) is 24.3 Å². The van der Waals surface area contributed by atoms with Crippen LogP contribution in [0.2, 0.25) is 0 Å². The van der Waals surface area contributed by atoms with E-state index in [1.54, 1.807) is 12.1 Å². The molecule has 1 atom stereocenters. The van der Waals surface area contributed by atoms with Gasteiger partial charge in [-0.25, -0.2) is 0 Å². The molecule has 2 aromatic rings. The Kier molecular flexibility index (Phi) is 3.13. The van der Waals surface area contributed by atoms with Gasteiger partial charge in [-0.2, -0.15) is 0 Å². The predicted octanol–water partition coefficient (Wildman–Crippen LogP) is 1.83. The fourth-order valence-corrected chi connectivity index (χ4v) is 2.45. The number of rotatable bonds is 2. The Hall–Kier alpha value is -2.01. The summed E-state index contributed by atoms with van der Waals surface area (Å²) < 4.78 is 12.7. The lowest BCUT2D eigenvalue weighted by molar-refractivity contribution is -0.00616. The average molecular weight is 260 g/mol. The van der Waals surface area contributed by atoms with Crippen LogP contribution in [0.1, 0.15) is 22.3 Å². The zero-order valence-electron chi connectivity index (χ0n) is 10.8. The number of hydrogen-bond acceptors (Lipinski definition) is 3. The summed E-state index contributed by atoms with van der Waals surface area (Å²) in [6.45, 7) is 1.66. The van der Waals surface area contributed by atoms with Crippen molar-refractivity contribution in [2.45, 2.75) is 6.04 Å². The minimum absolute atomic E-state index is 0.0636. The summed E-state index contributed by atoms with van der Waals surface area (Å²) >= 11 is 0. The van der Waals surface area contributed by atoms with E-state index in [4.69, 9.17) is 9.15 Å². The van der Waals surface area contributed by atoms with E-state index in [1.165, 1.54) is 6.26 Å². The molecular weight excluding hydrogens is 244 g/mol. The lowest BCUT2D eigenvalue weighted by Crippen LogP contribution is -2.43. The molecule has 0 aliphatic carbocycles. The first kappa shape index (κ1) is 12.0. The molecule has 0 bridgehead atoms. The molecule has 19 heavy (non-hydrogen) atoms. The maximum Gasteiger partial charge on any atom is 0.290 e. The molecule has 1 saturated heterocycles. The highest BCUT2D eigenvalue weighted by molar-refractivity contribution is 5.91. The van der Waals surface area contributed by atoms with Gasteiger partial charge < -0.3 is 18.6 Å². The quantitative estimate of drug-likeness (QED) is 0.827. The summed E-state index contributed by atoms with van der Waals surface area (Å²) in [4.78, 5) is 14.3. The molecule has 0 aromatic carbocycles. The van der Waals surface area contributed by atoms with Crippen molar-refractivity contribution >= 4 is 5.91 Å². The number of nitrogens with zero attached hydrogens (tertiary/aromatic N) is 2. The van der Waals surface area contributed by atoms with Crippen LogP contribution < -0.4 is 0 Å². The Morgan fingerprint density at radius 2 is 2.26 bits per heavy atom. The zero-order valence-corrected chi connectivity index (χ0v) is 10.8. The highest BCUT2D eigenvalue weighted by Crippen LogP contribution is 2.26. The number of amides is 1. The monoisotopic (exact) mass is 260 g/mol. The van der Waals surface area contributed by atoms with Crippen LogP contribution in [-0.4, -0.2) is 35.1 Å². The van der Waals surface area contributed by atoms with Gasteiger partial charge in [0.1, 0.15) is 0 Å². The van der Waals surface area contributed by atoms with Gasteiger partial charge in [0, 0.05) is 25.5 Å². The Balaban J connectivity index is 1.90. The van der Waals surface area contributed by atoms with E-state index in [0.29, 0.717) is 25.5 Å². The Bertz CT molecular complexity index is 559. The van der Waals surface area contributed by atoms with E-state index in [2.05, 4.69) is 0 Å². The van der Waals surface area contributed by atoms with Crippen LogP contribution in [0, 0.1) is 0 Å². The van der Waals surface area contributed by atoms with E-state index in [-0.39, 0.29) is 11.9 Å². The standard InChI is InChI=1S/C14H16N2O3/c1-15-6-2-4-11(15)12-10-18-9-7-16(12)14(17)13-5-3-8-19-13/h2-6,8,12H,7,9-10H2,1H3/t12-/m1/s1. The summed E-state index contributed by atoms with van der Waals surface area (Å²) in [5, 5.41) is 0. The van der Waals surface area contributed by atoms with Gasteiger partial charge in [-0.3, -0.25) is 4.79 Å². The van der Waals surface area contributed by atoms with Crippen molar-refractivity contribution in [2.24, 2.45) is 7.05 Å². The molecule has 5 nitrogen and oxygen atoms in total. The number of carbonyl (C=O) groups is 1. The third-order valence-electron chi connectivity index (χ3n) is 3.45. The second-order valence-corrected chi connectivity index (χ2v) is 4.61. The van der Waals surface area contributed by atoms with Crippen LogP contribution in [0.15, 0.2) is 41.1 Å². The molecule has 0 saturated carbocycles. The SMILES string of the molecule is Cn1cccc1[C@H]1COCCN1C(=O)c1ccco1. The number of furan rings is 1. The van der Waals surface area contributed by atoms with E-state index in [1.807, 2.05) is 34.8 Å². The van der Waals surface area contributed by atoms with E-state index < -0.39 is 0 Å². The number of aromatic nitrogens is 1. The van der Waals surface area contributed by atoms with Crippen molar-refractivity contribution in [3.05, 3.63) is 48.2 Å². The van der Waals surface area contributed by atoms with E-state index >= 15 is 0 Å². The number of carbonyl (C=O) groups excluding carboxylic acids is 1. The maximum absolute atomic E-state index is 12.4. The molecule has 0 radical (unpaired) electrons. The summed E-state index contributed by atoms with van der Waals surface area (Å²) in [5.41, 5.74) is 1.07. The fraction of sp³-hybridized carbons (Fsp3) is 0.357. The molecule has 1 aliphatic heterocycles. The Labute approximate surface area is 111 Å². The van der Waals surface area contributed by atoms with Crippen LogP contribution in [0.4, 0.5) is 0 Å². The summed E-state index contributed by atoms with van der Waals surface area (Å²) in [7, 11) is 1.97. The van der Waals surface area contributed by atoms with Crippen molar-refractivity contribution in [3.8, 4) is 0 Å². The van der Waals surface area contributed by atoms with Crippen LogP contribution >= 0.6 is 0 Å². The number of morpholine rings is 1. The van der Waals surface area contributed by atoms with Crippen molar-refractivity contribution < 1.29 is 13.9 Å². The lowest BCUT2D eigenvalue weighted by Gasteiger charge is -2.35. The predicted molar refractivity (Wildman–Crippen MR) is 68.7 cm³/mol. The molecule has 100 valence electrons. The molecule has 0 spiro atoms. The van der Waals surface area contributed by atoms with Crippen LogP contribution in [0.25, 0.3) is 0 Å². The molecule has 3 heterocycles. The number of ether oxygens (including phenoxy) is 1. The lowest BCUT2D eigenvalue weighted by atomic mass is 10.1. The first-order valence-corrected chi connectivity index (χ1v) is 6.31. The molecule has 1 fully saturated rings. The highest BCUT2D eigenvalue weighted by Gasteiger charge is 2.31. The maximum atomic E-state index is 12.4. The topological polar surface area (TPSA) is 47.6 Å². The van der Waals surface area contributed by atoms with E-state index in [9.17, 15) is 4.79 Å². The van der Waals surface area contributed by atoms with Gasteiger partial charge in [-0.15, -0.1) is 0 Å². The molecule has 0 unspecified atom stereocenters. The van der Waals surface area contributed by atoms with Crippen LogP contribution in [0.3, 0.4) is 0 Å². The van der Waals surface area contributed by atoms with Crippen molar-refractivity contribution in [1.82, 2.24) is 9.47 Å². The van der Waals surface area contributed by atoms with Gasteiger partial charge in [0.25, 0.3) is 5.91 Å². The number of aryl methyl sites for hydroxylation is 1. The van der Waals surface area contributed by atoms with Gasteiger partial charge in [-0.1, -0.05) is 0 Å². The fourth-order valence-electron chi connectivity index (χ4n) is 2.45. The third-order valence-corrected chi connectivity index (χ3v) is 3.45. The van der Waals surface area contributed by atoms with Crippen molar-refractivity contribution in [3.63, 3.8) is 0 Å². The Morgan fingerprint density at radius 3 is 2.95 bits per heavy atom. The molecule has 3 rings (SSSR count). The third kappa shape index (κ3) is 2.17. The normalized spacial score (nSPS) is 19.6. The van der Waals surface area contributed by atoms with E-state index in [0.717, 1.165) is 5.69 Å². The number of hydrogen-bond donors (Lipinski definition) is 0. The van der Waals surface area contributed by atoms with Gasteiger partial charge in [0.05, 0.1) is 25.5 Å². The van der Waals surface area contributed by atoms with Gasteiger partial charge >= 0.3 is 0 Å². The van der Waals surface area contributed by atoms with Gasteiger partial charge in [0.15, 0.2) is 5.76 Å². The smallest absolute Gasteiger partial charge is 0.290 e. The minimum Gasteiger partial charge on any atom is -0.459 e. The first-order chi connectivity index (χ1) is 9.27. The zero-order chi connectivity index (χ0) is 13.2. The second kappa shape index (κ2) is 4.93. The van der Waals surface area contributed by atoms with Crippen LogP contribution in [0.5, 0.6) is 0 Å². The molecular formula is C14H16N2O3. The molecule has 5 heteroatoms. The molecule has 2 aromatic heterocycles. The van der Waals surface area contributed by atoms with Gasteiger partial charge in [0.2, 0.25) is 0 Å². The van der Waals surface area contributed by atoms with Crippen molar-refractivity contribution in [2.75, 3.05) is 19.8 Å². The minimum atomic E-state index is -0.0838. The second-order valence-electron chi connectivity index (χ2n) is 4.61. The largest absolute Gasteiger partial charge is 0.459 e. The van der Waals surface area contributed by atoms with Crippen LogP contribution in [-0.2, 0) is 11.8 Å². The molecule has 1 aliphatic rings. The Morgan fingerprint density at radius 1 is 1.37 bits per heavy atom. The summed E-state index contributed by atoms with van der Waals surface area (Å²) in [6.07, 6.45) is 3.49.